The van der Waals surface area contributed by atoms with Crippen LogP contribution in [0.25, 0.3) is 0 Å². The predicted molar refractivity (Wildman–Crippen MR) is 71.5 cm³/mol. The van der Waals surface area contributed by atoms with Crippen molar-refractivity contribution in [3.8, 4) is 0 Å². The molecule has 0 bridgehead atoms. The van der Waals surface area contributed by atoms with E-state index < -0.39 is 5.60 Å². The number of hydrogen-bond donors (Lipinski definition) is 0. The van der Waals surface area contributed by atoms with Gasteiger partial charge in [0, 0.05) is 52.5 Å². The first-order valence-electron chi connectivity index (χ1n) is 6.46. The fraction of sp³-hybridized carbons (Fsp3) is 0.692. The zero-order chi connectivity index (χ0) is 14.0. The van der Waals surface area contributed by atoms with E-state index in [9.17, 15) is 4.79 Å². The molecule has 1 unspecified atom stereocenters. The lowest BCUT2D eigenvalue weighted by Crippen LogP contribution is -2.57. The van der Waals surface area contributed by atoms with Gasteiger partial charge in [0.05, 0.1) is 12.8 Å². The quantitative estimate of drug-likeness (QED) is 0.778. The van der Waals surface area contributed by atoms with Gasteiger partial charge in [-0.2, -0.15) is 5.10 Å². The van der Waals surface area contributed by atoms with Crippen LogP contribution in [0.2, 0.25) is 0 Å². The van der Waals surface area contributed by atoms with E-state index in [0.29, 0.717) is 13.2 Å². The molecule has 19 heavy (non-hydrogen) atoms. The Balaban J connectivity index is 2.02. The molecule has 0 radical (unpaired) electrons. The minimum absolute atomic E-state index is 0.0170. The summed E-state index contributed by atoms with van der Waals surface area (Å²) in [5.74, 6) is 0.0170. The van der Waals surface area contributed by atoms with Gasteiger partial charge in [-0.15, -0.1) is 0 Å². The molecule has 6 heteroatoms. The Morgan fingerprint density at radius 1 is 1.58 bits per heavy atom. The molecule has 6 nitrogen and oxygen atoms in total. The Labute approximate surface area is 113 Å². The number of aryl methyl sites for hydroxylation is 1. The SMILES string of the molecule is CN(C)C(=O)C1(C)CN(Cc2cnn(C)c2)CCO1. The average Bonchev–Trinajstić information content (AvgIpc) is 2.73. The fourth-order valence-electron chi connectivity index (χ4n) is 2.50. The van der Waals surface area contributed by atoms with Crippen molar-refractivity contribution >= 4 is 5.91 Å². The average molecular weight is 266 g/mol. The van der Waals surface area contributed by atoms with Crippen LogP contribution < -0.4 is 0 Å². The van der Waals surface area contributed by atoms with Gasteiger partial charge >= 0.3 is 0 Å². The number of carbonyl (C=O) groups is 1. The lowest BCUT2D eigenvalue weighted by atomic mass is 10.0. The second-order valence-electron chi connectivity index (χ2n) is 5.51. The van der Waals surface area contributed by atoms with Crippen molar-refractivity contribution in [1.29, 1.82) is 0 Å². The minimum atomic E-state index is -0.746. The Kier molecular flexibility index (Phi) is 3.91. The summed E-state index contributed by atoms with van der Waals surface area (Å²) in [6.07, 6.45) is 3.86. The van der Waals surface area contributed by atoms with Crippen molar-refractivity contribution in [1.82, 2.24) is 19.6 Å². The van der Waals surface area contributed by atoms with Gasteiger partial charge in [0.1, 0.15) is 0 Å². The molecule has 1 amide bonds. The number of amides is 1. The van der Waals surface area contributed by atoms with E-state index in [4.69, 9.17) is 4.74 Å². The Morgan fingerprint density at radius 3 is 2.89 bits per heavy atom. The maximum Gasteiger partial charge on any atom is 0.255 e. The largest absolute Gasteiger partial charge is 0.363 e. The molecule has 2 rings (SSSR count). The number of ether oxygens (including phenoxy) is 1. The molecule has 106 valence electrons. The van der Waals surface area contributed by atoms with Gasteiger partial charge in [0.25, 0.3) is 5.91 Å². The van der Waals surface area contributed by atoms with Gasteiger partial charge < -0.3 is 9.64 Å². The summed E-state index contributed by atoms with van der Waals surface area (Å²) in [4.78, 5) is 16.0. The second-order valence-corrected chi connectivity index (χ2v) is 5.51. The van der Waals surface area contributed by atoms with Gasteiger partial charge in [-0.05, 0) is 6.92 Å². The predicted octanol–water partition coefficient (Wildman–Crippen LogP) is 0.0992. The van der Waals surface area contributed by atoms with Gasteiger partial charge in [-0.1, -0.05) is 0 Å². The van der Waals surface area contributed by atoms with E-state index in [1.165, 1.54) is 0 Å². The zero-order valence-electron chi connectivity index (χ0n) is 12.1. The molecule has 1 aliphatic heterocycles. The highest BCUT2D eigenvalue weighted by atomic mass is 16.5. The van der Waals surface area contributed by atoms with E-state index in [2.05, 4.69) is 10.00 Å². The zero-order valence-corrected chi connectivity index (χ0v) is 12.1. The molecular formula is C13H22N4O2. The number of hydrogen-bond acceptors (Lipinski definition) is 4. The van der Waals surface area contributed by atoms with Crippen molar-refractivity contribution in [2.24, 2.45) is 7.05 Å². The molecule has 1 saturated heterocycles. The van der Waals surface area contributed by atoms with Crippen molar-refractivity contribution in [2.75, 3.05) is 33.8 Å². The normalized spacial score (nSPS) is 24.4. The van der Waals surface area contributed by atoms with Gasteiger partial charge in [-0.3, -0.25) is 14.4 Å². The third-order valence-corrected chi connectivity index (χ3v) is 3.38. The summed E-state index contributed by atoms with van der Waals surface area (Å²) < 4.78 is 7.50. The maximum absolute atomic E-state index is 12.2. The summed E-state index contributed by atoms with van der Waals surface area (Å²) in [5, 5.41) is 4.17. The molecule has 1 aliphatic rings. The molecule has 0 spiro atoms. The van der Waals surface area contributed by atoms with E-state index in [1.54, 1.807) is 23.7 Å². The summed E-state index contributed by atoms with van der Waals surface area (Å²) in [6, 6.07) is 0. The van der Waals surface area contributed by atoms with Crippen molar-refractivity contribution < 1.29 is 9.53 Å². The highest BCUT2D eigenvalue weighted by Gasteiger charge is 2.40. The summed E-state index contributed by atoms with van der Waals surface area (Å²) in [5.41, 5.74) is 0.410. The van der Waals surface area contributed by atoms with Crippen LogP contribution in [0.1, 0.15) is 12.5 Å². The molecule has 1 fully saturated rings. The first-order chi connectivity index (χ1) is 8.90. The molecule has 1 atom stereocenters. The monoisotopic (exact) mass is 266 g/mol. The van der Waals surface area contributed by atoms with Crippen LogP contribution in [-0.2, 0) is 23.1 Å². The van der Waals surface area contributed by atoms with E-state index in [0.717, 1.165) is 18.7 Å². The minimum Gasteiger partial charge on any atom is -0.363 e. The third kappa shape index (κ3) is 3.13. The van der Waals surface area contributed by atoms with Crippen LogP contribution >= 0.6 is 0 Å². The molecule has 0 saturated carbocycles. The third-order valence-electron chi connectivity index (χ3n) is 3.38. The Morgan fingerprint density at radius 2 is 2.32 bits per heavy atom. The second kappa shape index (κ2) is 5.30. The number of morpholine rings is 1. The molecular weight excluding hydrogens is 244 g/mol. The fourth-order valence-corrected chi connectivity index (χ4v) is 2.50. The topological polar surface area (TPSA) is 50.6 Å². The lowest BCUT2D eigenvalue weighted by Gasteiger charge is -2.40. The lowest BCUT2D eigenvalue weighted by molar-refractivity contribution is -0.165. The van der Waals surface area contributed by atoms with Gasteiger partial charge in [0.15, 0.2) is 5.60 Å². The summed E-state index contributed by atoms with van der Waals surface area (Å²) in [6.45, 7) is 4.69. The maximum atomic E-state index is 12.2. The van der Waals surface area contributed by atoms with Crippen LogP contribution in [-0.4, -0.2) is 64.9 Å². The molecule has 2 heterocycles. The van der Waals surface area contributed by atoms with E-state index in [-0.39, 0.29) is 5.91 Å². The van der Waals surface area contributed by atoms with Crippen molar-refractivity contribution in [3.05, 3.63) is 18.0 Å². The van der Waals surface area contributed by atoms with E-state index in [1.807, 2.05) is 26.4 Å². The molecule has 0 aliphatic carbocycles. The summed E-state index contributed by atoms with van der Waals surface area (Å²) in [7, 11) is 5.43. The van der Waals surface area contributed by atoms with Crippen LogP contribution in [0.4, 0.5) is 0 Å². The van der Waals surface area contributed by atoms with Crippen LogP contribution in [0.3, 0.4) is 0 Å². The number of nitrogens with zero attached hydrogens (tertiary/aromatic N) is 4. The van der Waals surface area contributed by atoms with Crippen LogP contribution in [0.15, 0.2) is 12.4 Å². The molecule has 1 aromatic rings. The highest BCUT2D eigenvalue weighted by Crippen LogP contribution is 2.21. The first kappa shape index (κ1) is 14.0. The smallest absolute Gasteiger partial charge is 0.255 e. The molecule has 0 N–H and O–H groups in total. The Hall–Kier alpha value is -1.40. The molecule has 0 aromatic carbocycles. The van der Waals surface area contributed by atoms with E-state index >= 15 is 0 Å². The van der Waals surface area contributed by atoms with Gasteiger partial charge in [-0.25, -0.2) is 0 Å². The number of rotatable bonds is 3. The highest BCUT2D eigenvalue weighted by molar-refractivity contribution is 5.84. The standard InChI is InChI=1S/C13H22N4O2/c1-13(12(18)15(2)3)10-17(5-6-19-13)9-11-7-14-16(4)8-11/h7-8H,5-6,9-10H2,1-4H3. The van der Waals surface area contributed by atoms with Crippen LogP contribution in [0, 0.1) is 0 Å². The van der Waals surface area contributed by atoms with Gasteiger partial charge in [0.2, 0.25) is 0 Å². The number of likely N-dealkylation sites (N-methyl/N-ethyl adjacent to an activating group) is 1. The van der Waals surface area contributed by atoms with Crippen molar-refractivity contribution in [2.45, 2.75) is 19.1 Å². The van der Waals surface area contributed by atoms with Crippen molar-refractivity contribution in [3.63, 3.8) is 0 Å². The van der Waals surface area contributed by atoms with Crippen LogP contribution in [0.5, 0.6) is 0 Å². The summed E-state index contributed by atoms with van der Waals surface area (Å²) >= 11 is 0. The molecule has 1 aromatic heterocycles. The Bertz CT molecular complexity index is 457. The first-order valence-corrected chi connectivity index (χ1v) is 6.46. The number of aromatic nitrogens is 2. The number of carbonyl (C=O) groups excluding carboxylic acids is 1.